The molecule has 0 aliphatic rings. The standard InChI is InChI=1S/C12H16O3/c13-11-7-4-6-10(9-11)5-2-1-3-8-12(14)15/h4,6-7,9,13H,1-3,5,8H2,(H,14,15). The van der Waals surface area contributed by atoms with Crippen LogP contribution in [0.3, 0.4) is 0 Å². The number of hydrogen-bond donors (Lipinski definition) is 2. The average Bonchev–Trinajstić information content (AvgIpc) is 2.17. The monoisotopic (exact) mass is 208 g/mol. The van der Waals surface area contributed by atoms with Gasteiger partial charge in [-0.15, -0.1) is 0 Å². The summed E-state index contributed by atoms with van der Waals surface area (Å²) in [5.41, 5.74) is 1.10. The Balaban J connectivity index is 2.17. The first-order valence-corrected chi connectivity index (χ1v) is 5.18. The first-order chi connectivity index (χ1) is 7.18. The van der Waals surface area contributed by atoms with E-state index < -0.39 is 5.97 Å². The van der Waals surface area contributed by atoms with Crippen molar-refractivity contribution in [2.24, 2.45) is 0 Å². The molecular formula is C12H16O3. The molecule has 0 aliphatic heterocycles. The Morgan fingerprint density at radius 1 is 1.20 bits per heavy atom. The summed E-state index contributed by atoms with van der Waals surface area (Å²) in [5.74, 6) is -0.439. The quantitative estimate of drug-likeness (QED) is 0.706. The lowest BCUT2D eigenvalue weighted by atomic mass is 10.1. The van der Waals surface area contributed by atoms with Crippen LogP contribution in [0.25, 0.3) is 0 Å². The lowest BCUT2D eigenvalue weighted by Gasteiger charge is -2.01. The number of benzene rings is 1. The molecule has 1 aromatic carbocycles. The molecule has 0 spiro atoms. The number of hydrogen-bond acceptors (Lipinski definition) is 2. The number of aliphatic carboxylic acids is 1. The molecule has 82 valence electrons. The van der Waals surface area contributed by atoms with Crippen LogP contribution in [0.5, 0.6) is 5.75 Å². The number of carbonyl (C=O) groups is 1. The number of unbranched alkanes of at least 4 members (excludes halogenated alkanes) is 2. The highest BCUT2D eigenvalue weighted by Gasteiger charge is 1.98. The lowest BCUT2D eigenvalue weighted by molar-refractivity contribution is -0.137. The van der Waals surface area contributed by atoms with Gasteiger partial charge in [-0.05, 0) is 37.0 Å². The van der Waals surface area contributed by atoms with Crippen molar-refractivity contribution in [3.05, 3.63) is 29.8 Å². The predicted molar refractivity (Wildman–Crippen MR) is 57.9 cm³/mol. The summed E-state index contributed by atoms with van der Waals surface area (Å²) >= 11 is 0. The van der Waals surface area contributed by atoms with E-state index in [2.05, 4.69) is 0 Å². The third-order valence-corrected chi connectivity index (χ3v) is 2.27. The Labute approximate surface area is 89.4 Å². The number of phenolic OH excluding ortho intramolecular Hbond substituents is 1. The van der Waals surface area contributed by atoms with Gasteiger partial charge < -0.3 is 10.2 Å². The van der Waals surface area contributed by atoms with E-state index >= 15 is 0 Å². The molecule has 0 heterocycles. The topological polar surface area (TPSA) is 57.5 Å². The molecule has 2 N–H and O–H groups in total. The fourth-order valence-corrected chi connectivity index (χ4v) is 1.49. The van der Waals surface area contributed by atoms with Gasteiger partial charge in [0.15, 0.2) is 0 Å². The molecule has 0 aliphatic carbocycles. The van der Waals surface area contributed by atoms with Crippen LogP contribution in [0.1, 0.15) is 31.2 Å². The Kier molecular flexibility index (Phi) is 4.68. The van der Waals surface area contributed by atoms with E-state index in [9.17, 15) is 9.90 Å². The molecule has 0 saturated heterocycles. The number of aromatic hydroxyl groups is 1. The van der Waals surface area contributed by atoms with Crippen LogP contribution in [0.4, 0.5) is 0 Å². The molecule has 15 heavy (non-hydrogen) atoms. The predicted octanol–water partition coefficient (Wildman–Crippen LogP) is 2.58. The van der Waals surface area contributed by atoms with Crippen molar-refractivity contribution in [2.45, 2.75) is 32.1 Å². The summed E-state index contributed by atoms with van der Waals surface area (Å²) in [7, 11) is 0. The van der Waals surface area contributed by atoms with Crippen molar-refractivity contribution in [3.8, 4) is 5.75 Å². The Hall–Kier alpha value is -1.51. The van der Waals surface area contributed by atoms with Crippen LogP contribution in [0, 0.1) is 0 Å². The van der Waals surface area contributed by atoms with Crippen molar-refractivity contribution < 1.29 is 15.0 Å². The zero-order valence-corrected chi connectivity index (χ0v) is 8.65. The second-order valence-corrected chi connectivity index (χ2v) is 3.62. The van der Waals surface area contributed by atoms with Gasteiger partial charge in [-0.2, -0.15) is 0 Å². The molecule has 0 radical (unpaired) electrons. The van der Waals surface area contributed by atoms with Gasteiger partial charge in [0.2, 0.25) is 0 Å². The molecule has 0 aromatic heterocycles. The van der Waals surface area contributed by atoms with Crippen LogP contribution < -0.4 is 0 Å². The fourth-order valence-electron chi connectivity index (χ4n) is 1.49. The number of rotatable bonds is 6. The van der Waals surface area contributed by atoms with E-state index in [4.69, 9.17) is 5.11 Å². The SMILES string of the molecule is O=C(O)CCCCCc1cccc(O)c1. The fraction of sp³-hybridized carbons (Fsp3) is 0.417. The number of carboxylic acid groups (broad SMARTS) is 1. The summed E-state index contributed by atoms with van der Waals surface area (Å²) in [6.07, 6.45) is 3.76. The Morgan fingerprint density at radius 2 is 2.00 bits per heavy atom. The van der Waals surface area contributed by atoms with Crippen molar-refractivity contribution in [3.63, 3.8) is 0 Å². The maximum Gasteiger partial charge on any atom is 0.303 e. The smallest absolute Gasteiger partial charge is 0.303 e. The molecule has 0 bridgehead atoms. The van der Waals surface area contributed by atoms with Gasteiger partial charge in [-0.3, -0.25) is 4.79 Å². The maximum absolute atomic E-state index is 10.2. The third kappa shape index (κ3) is 5.05. The highest BCUT2D eigenvalue weighted by atomic mass is 16.4. The molecule has 0 saturated carbocycles. The van der Waals surface area contributed by atoms with E-state index in [0.29, 0.717) is 0 Å². The van der Waals surface area contributed by atoms with Gasteiger partial charge >= 0.3 is 5.97 Å². The molecule has 0 atom stereocenters. The van der Waals surface area contributed by atoms with Gasteiger partial charge in [0.25, 0.3) is 0 Å². The zero-order valence-electron chi connectivity index (χ0n) is 8.65. The van der Waals surface area contributed by atoms with Crippen molar-refractivity contribution in [1.82, 2.24) is 0 Å². The first kappa shape index (κ1) is 11.6. The maximum atomic E-state index is 10.2. The molecule has 0 fully saturated rings. The van der Waals surface area contributed by atoms with E-state index in [-0.39, 0.29) is 12.2 Å². The highest BCUT2D eigenvalue weighted by Crippen LogP contribution is 2.13. The van der Waals surface area contributed by atoms with Gasteiger partial charge in [0.05, 0.1) is 0 Å². The normalized spacial score (nSPS) is 10.1. The van der Waals surface area contributed by atoms with E-state index in [1.54, 1.807) is 12.1 Å². The lowest BCUT2D eigenvalue weighted by Crippen LogP contribution is -1.94. The summed E-state index contributed by atoms with van der Waals surface area (Å²) in [5, 5.41) is 17.6. The summed E-state index contributed by atoms with van der Waals surface area (Å²) in [6.45, 7) is 0. The van der Waals surface area contributed by atoms with Gasteiger partial charge in [0, 0.05) is 6.42 Å². The summed E-state index contributed by atoms with van der Waals surface area (Å²) < 4.78 is 0. The van der Waals surface area contributed by atoms with Gasteiger partial charge in [-0.1, -0.05) is 18.6 Å². The molecule has 0 unspecified atom stereocenters. The van der Waals surface area contributed by atoms with Crippen LogP contribution in [0.2, 0.25) is 0 Å². The van der Waals surface area contributed by atoms with Gasteiger partial charge in [-0.25, -0.2) is 0 Å². The van der Waals surface area contributed by atoms with E-state index in [1.165, 1.54) is 0 Å². The van der Waals surface area contributed by atoms with Crippen LogP contribution in [0.15, 0.2) is 24.3 Å². The third-order valence-electron chi connectivity index (χ3n) is 2.27. The minimum atomic E-state index is -0.729. The second kappa shape index (κ2) is 6.06. The van der Waals surface area contributed by atoms with Crippen molar-refractivity contribution >= 4 is 5.97 Å². The minimum absolute atomic E-state index is 0.250. The largest absolute Gasteiger partial charge is 0.508 e. The average molecular weight is 208 g/mol. The first-order valence-electron chi connectivity index (χ1n) is 5.18. The summed E-state index contributed by atoms with van der Waals surface area (Å²) in [6, 6.07) is 7.18. The highest BCUT2D eigenvalue weighted by molar-refractivity contribution is 5.66. The van der Waals surface area contributed by atoms with Crippen LogP contribution in [-0.2, 0) is 11.2 Å². The van der Waals surface area contributed by atoms with Crippen LogP contribution >= 0.6 is 0 Å². The number of aryl methyl sites for hydroxylation is 1. The second-order valence-electron chi connectivity index (χ2n) is 3.62. The van der Waals surface area contributed by atoms with Crippen molar-refractivity contribution in [2.75, 3.05) is 0 Å². The molecule has 3 heteroatoms. The van der Waals surface area contributed by atoms with Crippen molar-refractivity contribution in [1.29, 1.82) is 0 Å². The zero-order chi connectivity index (χ0) is 11.1. The Bertz CT molecular complexity index is 320. The number of phenols is 1. The van der Waals surface area contributed by atoms with E-state index in [1.807, 2.05) is 12.1 Å². The van der Waals surface area contributed by atoms with Crippen LogP contribution in [-0.4, -0.2) is 16.2 Å². The minimum Gasteiger partial charge on any atom is -0.508 e. The molecule has 3 nitrogen and oxygen atoms in total. The van der Waals surface area contributed by atoms with Gasteiger partial charge in [0.1, 0.15) is 5.75 Å². The van der Waals surface area contributed by atoms with E-state index in [0.717, 1.165) is 31.2 Å². The Morgan fingerprint density at radius 3 is 2.67 bits per heavy atom. The molecule has 0 amide bonds. The summed E-state index contributed by atoms with van der Waals surface area (Å²) in [4.78, 5) is 10.2. The molecule has 1 rings (SSSR count). The molecular weight excluding hydrogens is 192 g/mol. The molecule has 1 aromatic rings. The number of carboxylic acids is 1.